The Morgan fingerprint density at radius 1 is 1.28 bits per heavy atom. The molecule has 0 bridgehead atoms. The van der Waals surface area contributed by atoms with Crippen molar-refractivity contribution in [2.45, 2.75) is 31.6 Å². The van der Waals surface area contributed by atoms with Gasteiger partial charge in [-0.3, -0.25) is 4.79 Å². The fraction of sp³-hybridized carbons (Fsp3) is 0.412. The second kappa shape index (κ2) is 6.68. The van der Waals surface area contributed by atoms with Crippen molar-refractivity contribution in [3.63, 3.8) is 0 Å². The third kappa shape index (κ3) is 3.36. The molecule has 0 N–H and O–H groups in total. The van der Waals surface area contributed by atoms with Gasteiger partial charge in [0, 0.05) is 24.6 Å². The maximum absolute atomic E-state index is 13.0. The Balaban J connectivity index is 1.83. The molecule has 0 radical (unpaired) electrons. The van der Waals surface area contributed by atoms with Gasteiger partial charge in [-0.05, 0) is 51.0 Å². The largest absolute Gasteiger partial charge is 0.360 e. The number of Topliss-reactive ketones (excluding diaryl/α,β-unsaturated/α-hetero) is 1. The Morgan fingerprint density at radius 2 is 1.96 bits per heavy atom. The second-order valence-electron chi connectivity index (χ2n) is 6.23. The van der Waals surface area contributed by atoms with Gasteiger partial charge in [0.15, 0.2) is 11.5 Å². The van der Waals surface area contributed by atoms with Crippen LogP contribution >= 0.6 is 0 Å². The van der Waals surface area contributed by atoms with Crippen LogP contribution in [0.4, 0.5) is 4.39 Å². The molecule has 1 aliphatic heterocycles. The quantitative estimate of drug-likeness (QED) is 0.777. The number of carbonyl (C=O) groups is 1. The van der Waals surface area contributed by atoms with E-state index in [2.05, 4.69) is 5.16 Å². The van der Waals surface area contributed by atoms with Crippen LogP contribution in [0.2, 0.25) is 0 Å². The highest BCUT2D eigenvalue weighted by Gasteiger charge is 2.36. The van der Waals surface area contributed by atoms with Crippen LogP contribution in [0.1, 0.15) is 34.7 Å². The first-order chi connectivity index (χ1) is 11.8. The van der Waals surface area contributed by atoms with Gasteiger partial charge in [0.05, 0.1) is 0 Å². The summed E-state index contributed by atoms with van der Waals surface area (Å²) in [5, 5.41) is 3.70. The van der Waals surface area contributed by atoms with E-state index in [9.17, 15) is 17.6 Å². The summed E-state index contributed by atoms with van der Waals surface area (Å²) in [4.78, 5) is 12.7. The molecule has 1 aromatic heterocycles. The first kappa shape index (κ1) is 17.8. The van der Waals surface area contributed by atoms with Gasteiger partial charge >= 0.3 is 0 Å². The van der Waals surface area contributed by atoms with Crippen LogP contribution < -0.4 is 0 Å². The zero-order chi connectivity index (χ0) is 18.2. The van der Waals surface area contributed by atoms with Gasteiger partial charge in [-0.15, -0.1) is 0 Å². The van der Waals surface area contributed by atoms with Gasteiger partial charge in [0.2, 0.25) is 10.0 Å². The minimum Gasteiger partial charge on any atom is -0.360 e. The number of rotatable bonds is 4. The molecule has 1 aromatic carbocycles. The van der Waals surface area contributed by atoms with Crippen LogP contribution in [-0.2, 0) is 10.0 Å². The molecule has 1 aliphatic rings. The number of aromatic nitrogens is 1. The molecule has 0 spiro atoms. The van der Waals surface area contributed by atoms with Crippen LogP contribution in [0, 0.1) is 25.6 Å². The summed E-state index contributed by atoms with van der Waals surface area (Å²) in [5.41, 5.74) is 0.701. The average molecular weight is 366 g/mol. The normalized spacial score (nSPS) is 19.1. The lowest BCUT2D eigenvalue weighted by atomic mass is 9.91. The number of halogens is 1. The van der Waals surface area contributed by atoms with E-state index in [1.165, 1.54) is 28.6 Å². The number of piperidine rings is 1. The Labute approximate surface area is 145 Å². The molecule has 2 heterocycles. The molecule has 2 aromatic rings. The lowest BCUT2D eigenvalue weighted by Gasteiger charge is -2.31. The second-order valence-corrected chi connectivity index (χ2v) is 8.10. The number of benzene rings is 1. The van der Waals surface area contributed by atoms with Gasteiger partial charge in [0.25, 0.3) is 0 Å². The fourth-order valence-corrected chi connectivity index (χ4v) is 5.01. The van der Waals surface area contributed by atoms with Gasteiger partial charge in [-0.1, -0.05) is 5.16 Å². The number of hydrogen-bond acceptors (Lipinski definition) is 5. The third-order valence-corrected chi connectivity index (χ3v) is 6.56. The maximum atomic E-state index is 13.0. The number of aryl methyl sites for hydroxylation is 2. The SMILES string of the molecule is Cc1noc(C)c1S(=O)(=O)N1CCCC(C(=O)c2ccc(F)cc2)C1. The highest BCUT2D eigenvalue weighted by atomic mass is 32.2. The first-order valence-corrected chi connectivity index (χ1v) is 9.47. The van der Waals surface area contributed by atoms with Crippen molar-refractivity contribution in [2.75, 3.05) is 13.1 Å². The van der Waals surface area contributed by atoms with Crippen molar-refractivity contribution in [3.8, 4) is 0 Å². The molecule has 25 heavy (non-hydrogen) atoms. The number of hydrogen-bond donors (Lipinski definition) is 0. The maximum Gasteiger partial charge on any atom is 0.248 e. The summed E-state index contributed by atoms with van der Waals surface area (Å²) < 4.78 is 45.1. The molecule has 6 nitrogen and oxygen atoms in total. The standard InChI is InChI=1S/C17H19FN2O4S/c1-11-17(12(2)24-19-11)25(22,23)20-9-3-4-14(10-20)16(21)13-5-7-15(18)8-6-13/h5-8,14H,3-4,9-10H2,1-2H3. The van der Waals surface area contributed by atoms with Crippen molar-refractivity contribution in [1.29, 1.82) is 0 Å². The van der Waals surface area contributed by atoms with E-state index in [-0.39, 0.29) is 23.0 Å². The highest BCUT2D eigenvalue weighted by molar-refractivity contribution is 7.89. The smallest absolute Gasteiger partial charge is 0.248 e. The molecule has 1 saturated heterocycles. The van der Waals surface area contributed by atoms with Crippen molar-refractivity contribution in [3.05, 3.63) is 47.1 Å². The topological polar surface area (TPSA) is 80.5 Å². The number of ketones is 1. The zero-order valence-electron chi connectivity index (χ0n) is 14.0. The van der Waals surface area contributed by atoms with E-state index in [4.69, 9.17) is 4.52 Å². The Hall–Kier alpha value is -2.06. The summed E-state index contributed by atoms with van der Waals surface area (Å²) in [6.45, 7) is 3.58. The monoisotopic (exact) mass is 366 g/mol. The molecular weight excluding hydrogens is 347 g/mol. The predicted molar refractivity (Wildman–Crippen MR) is 88.2 cm³/mol. The summed E-state index contributed by atoms with van der Waals surface area (Å²) in [6, 6.07) is 5.32. The highest BCUT2D eigenvalue weighted by Crippen LogP contribution is 2.29. The summed E-state index contributed by atoms with van der Waals surface area (Å²) in [5.74, 6) is -0.791. The van der Waals surface area contributed by atoms with Crippen LogP contribution in [0.3, 0.4) is 0 Å². The van der Waals surface area contributed by atoms with Crippen LogP contribution in [0.5, 0.6) is 0 Å². The average Bonchev–Trinajstić information content (AvgIpc) is 2.94. The van der Waals surface area contributed by atoms with Crippen molar-refractivity contribution in [1.82, 2.24) is 9.46 Å². The predicted octanol–water partition coefficient (Wildman–Crippen LogP) is 2.71. The number of sulfonamides is 1. The van der Waals surface area contributed by atoms with Crippen LogP contribution in [0.25, 0.3) is 0 Å². The molecule has 0 amide bonds. The zero-order valence-corrected chi connectivity index (χ0v) is 14.8. The van der Waals surface area contributed by atoms with Crippen molar-refractivity contribution < 1.29 is 22.1 Å². The van der Waals surface area contributed by atoms with E-state index in [1.54, 1.807) is 13.8 Å². The molecule has 0 saturated carbocycles. The van der Waals surface area contributed by atoms with Gasteiger partial charge < -0.3 is 4.52 Å². The van der Waals surface area contributed by atoms with E-state index >= 15 is 0 Å². The Morgan fingerprint density at radius 3 is 2.56 bits per heavy atom. The molecule has 3 rings (SSSR count). The molecule has 1 atom stereocenters. The minimum atomic E-state index is -3.77. The third-order valence-electron chi connectivity index (χ3n) is 4.45. The van der Waals surface area contributed by atoms with E-state index < -0.39 is 21.8 Å². The van der Waals surface area contributed by atoms with Crippen LogP contribution in [0.15, 0.2) is 33.7 Å². The van der Waals surface area contributed by atoms with Crippen LogP contribution in [-0.4, -0.2) is 36.8 Å². The molecular formula is C17H19FN2O4S. The van der Waals surface area contributed by atoms with Gasteiger partial charge in [-0.25, -0.2) is 12.8 Å². The van der Waals surface area contributed by atoms with E-state index in [0.29, 0.717) is 30.6 Å². The Bertz CT molecular complexity index is 870. The minimum absolute atomic E-state index is 0.0716. The molecule has 1 unspecified atom stereocenters. The fourth-order valence-electron chi connectivity index (χ4n) is 3.20. The summed E-state index contributed by atoms with van der Waals surface area (Å²) >= 11 is 0. The summed E-state index contributed by atoms with van der Waals surface area (Å²) in [6.07, 6.45) is 1.18. The molecule has 8 heteroatoms. The van der Waals surface area contributed by atoms with E-state index in [1.807, 2.05) is 0 Å². The lowest BCUT2D eigenvalue weighted by molar-refractivity contribution is 0.0872. The summed E-state index contributed by atoms with van der Waals surface area (Å²) in [7, 11) is -3.77. The molecule has 134 valence electrons. The molecule has 0 aliphatic carbocycles. The molecule has 1 fully saturated rings. The van der Waals surface area contributed by atoms with E-state index in [0.717, 1.165) is 0 Å². The number of nitrogens with zero attached hydrogens (tertiary/aromatic N) is 2. The Kier molecular flexibility index (Phi) is 4.75. The van der Waals surface area contributed by atoms with Gasteiger partial charge in [-0.2, -0.15) is 4.31 Å². The first-order valence-electron chi connectivity index (χ1n) is 8.03. The number of carbonyl (C=O) groups excluding carboxylic acids is 1. The lowest BCUT2D eigenvalue weighted by Crippen LogP contribution is -2.42. The van der Waals surface area contributed by atoms with Crippen molar-refractivity contribution >= 4 is 15.8 Å². The van der Waals surface area contributed by atoms with Crippen molar-refractivity contribution in [2.24, 2.45) is 5.92 Å². The van der Waals surface area contributed by atoms with Gasteiger partial charge in [0.1, 0.15) is 16.4 Å².